The van der Waals surface area contributed by atoms with Crippen LogP contribution < -0.4 is 0 Å². The number of aliphatic hydroxyl groups is 1. The number of piperidine rings is 2. The minimum atomic E-state index is -0.464. The van der Waals surface area contributed by atoms with E-state index in [1.165, 1.54) is 6.07 Å². The van der Waals surface area contributed by atoms with Gasteiger partial charge in [-0.3, -0.25) is 9.59 Å². The summed E-state index contributed by atoms with van der Waals surface area (Å²) in [6, 6.07) is 4.71. The molecule has 1 N–H and O–H groups in total. The molecule has 0 atom stereocenters. The lowest BCUT2D eigenvalue weighted by atomic mass is 9.72. The van der Waals surface area contributed by atoms with Crippen molar-refractivity contribution in [1.29, 1.82) is 0 Å². The van der Waals surface area contributed by atoms with E-state index in [1.807, 2.05) is 4.90 Å². The summed E-state index contributed by atoms with van der Waals surface area (Å²) in [5, 5.41) is 9.02. The molecular weight excluding hydrogens is 335 g/mol. The second kappa shape index (κ2) is 7.74. The van der Waals surface area contributed by atoms with Gasteiger partial charge in [0.25, 0.3) is 5.91 Å². The van der Waals surface area contributed by atoms with Gasteiger partial charge in [0.05, 0.1) is 5.56 Å². The fourth-order valence-corrected chi connectivity index (χ4v) is 4.12. The molecule has 0 bridgehead atoms. The number of benzene rings is 1. The first-order valence-electron chi connectivity index (χ1n) is 9.38. The number of aliphatic hydroxyl groups excluding tert-OH is 1. The Kier molecular flexibility index (Phi) is 5.61. The third kappa shape index (κ3) is 3.90. The number of nitrogens with zero attached hydrogens (tertiary/aromatic N) is 2. The zero-order valence-electron chi connectivity index (χ0n) is 15.3. The molecule has 1 aromatic rings. The van der Waals surface area contributed by atoms with E-state index < -0.39 is 5.82 Å². The van der Waals surface area contributed by atoms with Gasteiger partial charge >= 0.3 is 0 Å². The van der Waals surface area contributed by atoms with Crippen LogP contribution in [0.4, 0.5) is 4.39 Å². The maximum atomic E-state index is 14.1. The zero-order valence-corrected chi connectivity index (χ0v) is 15.3. The number of halogens is 1. The molecule has 0 saturated carbocycles. The van der Waals surface area contributed by atoms with Crippen LogP contribution >= 0.6 is 0 Å². The summed E-state index contributed by atoms with van der Waals surface area (Å²) >= 11 is 0. The van der Waals surface area contributed by atoms with Crippen LogP contribution in [0.1, 0.15) is 48.0 Å². The fourth-order valence-electron chi connectivity index (χ4n) is 4.12. The van der Waals surface area contributed by atoms with E-state index in [2.05, 4.69) is 0 Å². The highest BCUT2D eigenvalue weighted by Crippen LogP contribution is 2.40. The number of carbonyl (C=O) groups is 2. The molecule has 2 heterocycles. The molecule has 2 amide bonds. The highest BCUT2D eigenvalue weighted by atomic mass is 19.1. The molecular formula is C20H27FN2O3. The lowest BCUT2D eigenvalue weighted by Gasteiger charge is -2.47. The first-order chi connectivity index (χ1) is 12.4. The fraction of sp³-hybridized carbons (Fsp3) is 0.600. The summed E-state index contributed by atoms with van der Waals surface area (Å²) in [5.41, 5.74) is 0.979. The lowest BCUT2D eigenvalue weighted by molar-refractivity contribution is -0.139. The van der Waals surface area contributed by atoms with E-state index in [4.69, 9.17) is 5.11 Å². The Balaban J connectivity index is 1.63. The van der Waals surface area contributed by atoms with Crippen LogP contribution in [0.5, 0.6) is 0 Å². The Morgan fingerprint density at radius 2 is 2.00 bits per heavy atom. The van der Waals surface area contributed by atoms with E-state index in [-0.39, 0.29) is 29.4 Å². The maximum Gasteiger partial charge on any atom is 0.256 e. The van der Waals surface area contributed by atoms with Crippen LogP contribution in [0.25, 0.3) is 0 Å². The molecule has 2 aliphatic heterocycles. The van der Waals surface area contributed by atoms with Gasteiger partial charge in [-0.1, -0.05) is 6.07 Å². The molecule has 2 aliphatic rings. The number of amides is 2. The van der Waals surface area contributed by atoms with Crippen molar-refractivity contribution in [2.45, 2.75) is 39.0 Å². The first-order valence-corrected chi connectivity index (χ1v) is 9.38. The zero-order chi connectivity index (χ0) is 18.7. The average Bonchev–Trinajstić information content (AvgIpc) is 2.63. The summed E-state index contributed by atoms with van der Waals surface area (Å²) in [6.45, 7) is 4.36. The molecule has 0 radical (unpaired) electrons. The summed E-state index contributed by atoms with van der Waals surface area (Å²) in [6.07, 6.45) is 3.64. The van der Waals surface area contributed by atoms with E-state index in [1.54, 1.807) is 24.0 Å². The molecule has 2 fully saturated rings. The molecule has 5 nitrogen and oxygen atoms in total. The second-order valence-electron chi connectivity index (χ2n) is 7.67. The first kappa shape index (κ1) is 18.8. The van der Waals surface area contributed by atoms with Crippen molar-refractivity contribution >= 4 is 11.8 Å². The van der Waals surface area contributed by atoms with Gasteiger partial charge in [0, 0.05) is 39.2 Å². The van der Waals surface area contributed by atoms with Gasteiger partial charge in [-0.25, -0.2) is 4.39 Å². The summed E-state index contributed by atoms with van der Waals surface area (Å²) in [5.74, 6) is -0.556. The predicted molar refractivity (Wildman–Crippen MR) is 96.2 cm³/mol. The molecule has 26 heavy (non-hydrogen) atoms. The number of rotatable bonds is 4. The van der Waals surface area contributed by atoms with Crippen molar-refractivity contribution in [3.05, 3.63) is 35.1 Å². The Bertz CT molecular complexity index is 684. The summed E-state index contributed by atoms with van der Waals surface area (Å²) in [7, 11) is 0. The van der Waals surface area contributed by atoms with E-state index >= 15 is 0 Å². The quantitative estimate of drug-likeness (QED) is 0.894. The van der Waals surface area contributed by atoms with Gasteiger partial charge in [-0.15, -0.1) is 0 Å². The monoisotopic (exact) mass is 362 g/mol. The van der Waals surface area contributed by atoms with Crippen LogP contribution in [0.15, 0.2) is 18.2 Å². The average molecular weight is 362 g/mol. The molecule has 1 spiro atoms. The van der Waals surface area contributed by atoms with Crippen LogP contribution in [0, 0.1) is 18.2 Å². The topological polar surface area (TPSA) is 60.9 Å². The molecule has 142 valence electrons. The van der Waals surface area contributed by atoms with Crippen LogP contribution in [-0.4, -0.2) is 59.5 Å². The lowest BCUT2D eigenvalue weighted by Crippen LogP contribution is -2.52. The maximum absolute atomic E-state index is 14.1. The Hall–Kier alpha value is -1.95. The van der Waals surface area contributed by atoms with Crippen LogP contribution in [0.2, 0.25) is 0 Å². The summed E-state index contributed by atoms with van der Waals surface area (Å²) < 4.78 is 14.1. The third-order valence-corrected chi connectivity index (χ3v) is 5.80. The normalized spacial score (nSPS) is 19.9. The Morgan fingerprint density at radius 1 is 1.27 bits per heavy atom. The third-order valence-electron chi connectivity index (χ3n) is 5.80. The van der Waals surface area contributed by atoms with Gasteiger partial charge in [-0.2, -0.15) is 0 Å². The second-order valence-corrected chi connectivity index (χ2v) is 7.67. The molecule has 0 unspecified atom stereocenters. The molecule has 0 aliphatic carbocycles. The van der Waals surface area contributed by atoms with E-state index in [0.717, 1.165) is 24.8 Å². The van der Waals surface area contributed by atoms with Crippen molar-refractivity contribution < 1.29 is 19.1 Å². The minimum absolute atomic E-state index is 0.0476. The van der Waals surface area contributed by atoms with Crippen molar-refractivity contribution in [1.82, 2.24) is 9.80 Å². The predicted octanol–water partition coefficient (Wildman–Crippen LogP) is 2.36. The van der Waals surface area contributed by atoms with Gasteiger partial charge in [0.15, 0.2) is 0 Å². The van der Waals surface area contributed by atoms with E-state index in [0.29, 0.717) is 39.0 Å². The van der Waals surface area contributed by atoms with Crippen molar-refractivity contribution in [3.8, 4) is 0 Å². The minimum Gasteiger partial charge on any atom is -0.396 e. The number of aryl methyl sites for hydroxylation is 1. The smallest absolute Gasteiger partial charge is 0.256 e. The molecule has 3 rings (SSSR count). The highest BCUT2D eigenvalue weighted by molar-refractivity contribution is 5.94. The largest absolute Gasteiger partial charge is 0.396 e. The van der Waals surface area contributed by atoms with Gasteiger partial charge in [0.1, 0.15) is 5.82 Å². The highest BCUT2D eigenvalue weighted by Gasteiger charge is 2.41. The van der Waals surface area contributed by atoms with Crippen molar-refractivity contribution in [2.24, 2.45) is 5.41 Å². The number of likely N-dealkylation sites (tertiary alicyclic amines) is 2. The molecule has 0 aromatic heterocycles. The molecule has 6 heteroatoms. The van der Waals surface area contributed by atoms with Gasteiger partial charge in [0.2, 0.25) is 5.91 Å². The Morgan fingerprint density at radius 3 is 2.65 bits per heavy atom. The number of hydrogen-bond donors (Lipinski definition) is 1. The number of hydrogen-bond acceptors (Lipinski definition) is 3. The van der Waals surface area contributed by atoms with Gasteiger partial charge < -0.3 is 14.9 Å². The van der Waals surface area contributed by atoms with Gasteiger partial charge in [-0.05, 0) is 55.7 Å². The van der Waals surface area contributed by atoms with Crippen molar-refractivity contribution in [2.75, 3.05) is 32.8 Å². The SMILES string of the molecule is Cc1ccc(C(=O)N2CCC3(CCC(=O)N(CCCO)C3)CC2)c(F)c1. The van der Waals surface area contributed by atoms with E-state index in [9.17, 15) is 14.0 Å². The van der Waals surface area contributed by atoms with Crippen molar-refractivity contribution in [3.63, 3.8) is 0 Å². The molecule has 2 saturated heterocycles. The summed E-state index contributed by atoms with van der Waals surface area (Å²) in [4.78, 5) is 28.3. The molecule has 1 aromatic carbocycles. The standard InChI is InChI=1S/C20H27FN2O3/c1-15-3-4-16(17(21)13-15)19(26)22-10-7-20(8-11-22)6-5-18(25)23(14-20)9-2-12-24/h3-4,13,24H,2,5-12,14H2,1H3. The number of carbonyl (C=O) groups excluding carboxylic acids is 2. The van der Waals surface area contributed by atoms with Crippen LogP contribution in [0.3, 0.4) is 0 Å². The van der Waals surface area contributed by atoms with Crippen LogP contribution in [-0.2, 0) is 4.79 Å². The Labute approximate surface area is 153 Å².